The first kappa shape index (κ1) is 12.5. The van der Waals surface area contributed by atoms with Gasteiger partial charge in [-0.15, -0.1) is 0 Å². The highest BCUT2D eigenvalue weighted by Gasteiger charge is 2.10. The highest BCUT2D eigenvalue weighted by atomic mass is 79.9. The van der Waals surface area contributed by atoms with E-state index < -0.39 is 0 Å². The third-order valence-corrected chi connectivity index (χ3v) is 3.43. The van der Waals surface area contributed by atoms with E-state index in [-0.39, 0.29) is 5.56 Å². The Morgan fingerprint density at radius 2 is 2.29 bits per heavy atom. The standard InChI is InChI=1S/C10H15BrN4O2/c11-9-8(7-13-14-10(9)16)12-1-2-15-3-5-17-6-4-15/h7H,1-6H2,(H2,12,14,16). The van der Waals surface area contributed by atoms with Crippen LogP contribution in [0.1, 0.15) is 0 Å². The zero-order valence-electron chi connectivity index (χ0n) is 9.41. The molecule has 1 aromatic heterocycles. The molecule has 0 spiro atoms. The van der Waals surface area contributed by atoms with Crippen LogP contribution in [0.15, 0.2) is 15.5 Å². The summed E-state index contributed by atoms with van der Waals surface area (Å²) in [7, 11) is 0. The van der Waals surface area contributed by atoms with Crippen molar-refractivity contribution in [3.63, 3.8) is 0 Å². The maximum Gasteiger partial charge on any atom is 0.280 e. The molecule has 2 N–H and O–H groups in total. The molecular weight excluding hydrogens is 288 g/mol. The van der Waals surface area contributed by atoms with Crippen LogP contribution in [0.4, 0.5) is 5.69 Å². The predicted molar refractivity (Wildman–Crippen MR) is 68.3 cm³/mol. The molecule has 0 aliphatic carbocycles. The van der Waals surface area contributed by atoms with Gasteiger partial charge in [0.25, 0.3) is 5.56 Å². The van der Waals surface area contributed by atoms with Crippen molar-refractivity contribution in [3.05, 3.63) is 21.0 Å². The molecule has 94 valence electrons. The highest BCUT2D eigenvalue weighted by molar-refractivity contribution is 9.10. The van der Waals surface area contributed by atoms with Crippen LogP contribution in [-0.2, 0) is 4.74 Å². The van der Waals surface area contributed by atoms with E-state index in [0.29, 0.717) is 4.47 Å². The van der Waals surface area contributed by atoms with Gasteiger partial charge in [-0.2, -0.15) is 5.10 Å². The minimum absolute atomic E-state index is 0.221. The monoisotopic (exact) mass is 302 g/mol. The number of nitrogens with one attached hydrogen (secondary N) is 2. The fourth-order valence-electron chi connectivity index (χ4n) is 1.68. The van der Waals surface area contributed by atoms with Crippen molar-refractivity contribution in [3.8, 4) is 0 Å². The van der Waals surface area contributed by atoms with Gasteiger partial charge in [0.05, 0.1) is 25.1 Å². The van der Waals surface area contributed by atoms with Gasteiger partial charge in [0, 0.05) is 26.2 Å². The fourth-order valence-corrected chi connectivity index (χ4v) is 2.01. The van der Waals surface area contributed by atoms with E-state index in [0.717, 1.165) is 45.1 Å². The second kappa shape index (κ2) is 6.13. The summed E-state index contributed by atoms with van der Waals surface area (Å²) in [6.07, 6.45) is 1.60. The maximum atomic E-state index is 11.3. The Hall–Kier alpha value is -0.920. The molecule has 17 heavy (non-hydrogen) atoms. The average molecular weight is 303 g/mol. The molecule has 0 atom stereocenters. The number of morpholine rings is 1. The first-order valence-corrected chi connectivity index (χ1v) is 6.34. The summed E-state index contributed by atoms with van der Waals surface area (Å²) < 4.78 is 5.77. The third kappa shape index (κ3) is 3.52. The molecule has 1 aliphatic heterocycles. The van der Waals surface area contributed by atoms with Crippen molar-refractivity contribution in [2.75, 3.05) is 44.7 Å². The van der Waals surface area contributed by atoms with E-state index in [9.17, 15) is 4.79 Å². The summed E-state index contributed by atoms with van der Waals surface area (Å²) in [5, 5.41) is 9.30. The van der Waals surface area contributed by atoms with Gasteiger partial charge in [0.15, 0.2) is 0 Å². The zero-order valence-corrected chi connectivity index (χ0v) is 11.0. The maximum absolute atomic E-state index is 11.3. The van der Waals surface area contributed by atoms with Crippen molar-refractivity contribution in [2.24, 2.45) is 0 Å². The van der Waals surface area contributed by atoms with Crippen LogP contribution in [0.5, 0.6) is 0 Å². The second-order valence-electron chi connectivity index (χ2n) is 3.81. The van der Waals surface area contributed by atoms with Crippen molar-refractivity contribution < 1.29 is 4.74 Å². The molecule has 0 radical (unpaired) electrons. The van der Waals surface area contributed by atoms with Gasteiger partial charge >= 0.3 is 0 Å². The summed E-state index contributed by atoms with van der Waals surface area (Å²) in [5.74, 6) is 0. The minimum atomic E-state index is -0.221. The lowest BCUT2D eigenvalue weighted by Crippen LogP contribution is -2.39. The number of H-pyrrole nitrogens is 1. The highest BCUT2D eigenvalue weighted by Crippen LogP contribution is 2.14. The van der Waals surface area contributed by atoms with Crippen molar-refractivity contribution >= 4 is 21.6 Å². The van der Waals surface area contributed by atoms with Crippen LogP contribution < -0.4 is 10.9 Å². The summed E-state index contributed by atoms with van der Waals surface area (Å²) in [4.78, 5) is 13.6. The number of hydrogen-bond acceptors (Lipinski definition) is 5. The molecule has 1 aromatic rings. The molecule has 1 fully saturated rings. The van der Waals surface area contributed by atoms with E-state index in [2.05, 4.69) is 36.3 Å². The molecule has 1 saturated heterocycles. The topological polar surface area (TPSA) is 70.2 Å². The molecule has 2 heterocycles. The van der Waals surface area contributed by atoms with Crippen LogP contribution >= 0.6 is 15.9 Å². The lowest BCUT2D eigenvalue weighted by Gasteiger charge is -2.26. The SMILES string of the molecule is O=c1[nH]ncc(NCCN2CCOCC2)c1Br. The lowest BCUT2D eigenvalue weighted by atomic mass is 10.4. The summed E-state index contributed by atoms with van der Waals surface area (Å²) >= 11 is 3.23. The number of aromatic amines is 1. The number of ether oxygens (including phenoxy) is 1. The van der Waals surface area contributed by atoms with Gasteiger partial charge in [0.2, 0.25) is 0 Å². The molecular formula is C10H15BrN4O2. The Morgan fingerprint density at radius 1 is 1.53 bits per heavy atom. The largest absolute Gasteiger partial charge is 0.381 e. The smallest absolute Gasteiger partial charge is 0.280 e. The Kier molecular flexibility index (Phi) is 4.52. The fraction of sp³-hybridized carbons (Fsp3) is 0.600. The van der Waals surface area contributed by atoms with Gasteiger partial charge in [-0.3, -0.25) is 9.69 Å². The van der Waals surface area contributed by atoms with E-state index in [1.54, 1.807) is 6.20 Å². The minimum Gasteiger partial charge on any atom is -0.381 e. The van der Waals surface area contributed by atoms with Crippen molar-refractivity contribution in [2.45, 2.75) is 0 Å². The molecule has 0 bridgehead atoms. The van der Waals surface area contributed by atoms with Gasteiger partial charge in [-0.05, 0) is 15.9 Å². The molecule has 1 aliphatic rings. The molecule has 0 saturated carbocycles. The Bertz CT molecular complexity index is 417. The molecule has 0 aromatic carbocycles. The molecule has 0 amide bonds. The number of hydrogen-bond donors (Lipinski definition) is 2. The summed E-state index contributed by atoms with van der Waals surface area (Å²) in [6, 6.07) is 0. The summed E-state index contributed by atoms with van der Waals surface area (Å²) in [6.45, 7) is 5.26. The van der Waals surface area contributed by atoms with E-state index in [1.807, 2.05) is 0 Å². The van der Waals surface area contributed by atoms with Gasteiger partial charge in [-0.1, -0.05) is 0 Å². The van der Waals surface area contributed by atoms with Crippen molar-refractivity contribution in [1.82, 2.24) is 15.1 Å². The van der Waals surface area contributed by atoms with Crippen molar-refractivity contribution in [1.29, 1.82) is 0 Å². The Labute approximate surface area is 107 Å². The average Bonchev–Trinajstić information content (AvgIpc) is 2.36. The number of aromatic nitrogens is 2. The van der Waals surface area contributed by atoms with Crippen LogP contribution in [0.25, 0.3) is 0 Å². The first-order chi connectivity index (χ1) is 8.27. The molecule has 2 rings (SSSR count). The van der Waals surface area contributed by atoms with Crippen LogP contribution in [0, 0.1) is 0 Å². The number of halogens is 1. The van der Waals surface area contributed by atoms with Crippen LogP contribution in [0.3, 0.4) is 0 Å². The predicted octanol–water partition coefficient (Wildman–Crippen LogP) is 0.276. The van der Waals surface area contributed by atoms with Gasteiger partial charge < -0.3 is 10.1 Å². The first-order valence-electron chi connectivity index (χ1n) is 5.54. The van der Waals surface area contributed by atoms with Crippen LogP contribution in [-0.4, -0.2) is 54.5 Å². The Balaban J connectivity index is 1.81. The quantitative estimate of drug-likeness (QED) is 0.836. The number of rotatable bonds is 4. The van der Waals surface area contributed by atoms with Gasteiger partial charge in [-0.25, -0.2) is 5.10 Å². The normalized spacial score (nSPS) is 17.0. The summed E-state index contributed by atoms with van der Waals surface area (Å²) in [5.41, 5.74) is 0.503. The van der Waals surface area contributed by atoms with E-state index >= 15 is 0 Å². The van der Waals surface area contributed by atoms with Crippen LogP contribution in [0.2, 0.25) is 0 Å². The molecule has 0 unspecified atom stereocenters. The molecule has 6 nitrogen and oxygen atoms in total. The molecule has 7 heteroatoms. The Morgan fingerprint density at radius 3 is 3.06 bits per heavy atom. The third-order valence-electron chi connectivity index (χ3n) is 2.64. The number of anilines is 1. The number of nitrogens with zero attached hydrogens (tertiary/aromatic N) is 2. The van der Waals surface area contributed by atoms with E-state index in [1.165, 1.54) is 0 Å². The zero-order chi connectivity index (χ0) is 12.1. The lowest BCUT2D eigenvalue weighted by molar-refractivity contribution is 0.0398. The van der Waals surface area contributed by atoms with E-state index in [4.69, 9.17) is 4.74 Å². The second-order valence-corrected chi connectivity index (χ2v) is 4.60. The van der Waals surface area contributed by atoms with Gasteiger partial charge in [0.1, 0.15) is 4.47 Å².